The molecule has 1 N–H and O–H groups in total. The molecule has 0 aliphatic heterocycles. The summed E-state index contributed by atoms with van der Waals surface area (Å²) < 4.78 is 10.3. The van der Waals surface area contributed by atoms with Gasteiger partial charge >= 0.3 is 0 Å². The number of nitrogens with zero attached hydrogens (tertiary/aromatic N) is 1. The Morgan fingerprint density at radius 3 is 2.94 bits per heavy atom. The number of furan rings is 1. The Morgan fingerprint density at radius 2 is 2.38 bits per heavy atom. The molecule has 1 unspecified atom stereocenters. The maximum absolute atomic E-state index is 5.24. The summed E-state index contributed by atoms with van der Waals surface area (Å²) in [5.41, 5.74) is 1.19. The summed E-state index contributed by atoms with van der Waals surface area (Å²) >= 11 is 0. The first-order valence-corrected chi connectivity index (χ1v) is 5.68. The van der Waals surface area contributed by atoms with Crippen molar-refractivity contribution in [2.45, 2.75) is 19.5 Å². The highest BCUT2D eigenvalue weighted by Crippen LogP contribution is 2.07. The maximum atomic E-state index is 5.24. The Morgan fingerprint density at radius 1 is 1.56 bits per heavy atom. The van der Waals surface area contributed by atoms with E-state index in [2.05, 4.69) is 24.2 Å². The van der Waals surface area contributed by atoms with Crippen LogP contribution in [0.3, 0.4) is 0 Å². The lowest BCUT2D eigenvalue weighted by Crippen LogP contribution is -2.42. The molecule has 0 saturated carbocycles. The van der Waals surface area contributed by atoms with Gasteiger partial charge in [-0.05, 0) is 19.7 Å². The van der Waals surface area contributed by atoms with E-state index in [1.54, 1.807) is 19.6 Å². The number of hydrogen-bond acceptors (Lipinski definition) is 4. The highest BCUT2D eigenvalue weighted by molar-refractivity contribution is 5.05. The van der Waals surface area contributed by atoms with Gasteiger partial charge in [0.15, 0.2) is 0 Å². The van der Waals surface area contributed by atoms with Gasteiger partial charge in [0.2, 0.25) is 0 Å². The molecule has 0 radical (unpaired) electrons. The third-order valence-corrected chi connectivity index (χ3v) is 2.62. The van der Waals surface area contributed by atoms with Gasteiger partial charge in [0.25, 0.3) is 0 Å². The summed E-state index contributed by atoms with van der Waals surface area (Å²) in [6, 6.07) is 2.38. The van der Waals surface area contributed by atoms with E-state index in [4.69, 9.17) is 9.15 Å². The third kappa shape index (κ3) is 4.35. The summed E-state index contributed by atoms with van der Waals surface area (Å²) in [7, 11) is 3.85. The minimum Gasteiger partial charge on any atom is -0.472 e. The number of nitrogens with one attached hydrogen (secondary N) is 1. The van der Waals surface area contributed by atoms with Gasteiger partial charge in [0.1, 0.15) is 0 Å². The van der Waals surface area contributed by atoms with Crippen molar-refractivity contribution in [1.82, 2.24) is 10.2 Å². The van der Waals surface area contributed by atoms with Crippen LogP contribution in [0.4, 0.5) is 0 Å². The number of hydrogen-bond donors (Lipinski definition) is 1. The van der Waals surface area contributed by atoms with Crippen LogP contribution in [0.2, 0.25) is 0 Å². The third-order valence-electron chi connectivity index (χ3n) is 2.62. The van der Waals surface area contributed by atoms with Crippen LogP contribution in [0.5, 0.6) is 0 Å². The van der Waals surface area contributed by atoms with Gasteiger partial charge in [-0.3, -0.25) is 4.90 Å². The van der Waals surface area contributed by atoms with E-state index in [0.29, 0.717) is 6.04 Å². The molecule has 0 aliphatic carbocycles. The van der Waals surface area contributed by atoms with Crippen molar-refractivity contribution >= 4 is 0 Å². The van der Waals surface area contributed by atoms with E-state index < -0.39 is 0 Å². The fraction of sp³-hybridized carbons (Fsp3) is 0.667. The molecule has 16 heavy (non-hydrogen) atoms. The lowest BCUT2D eigenvalue weighted by molar-refractivity contribution is 0.101. The van der Waals surface area contributed by atoms with Crippen molar-refractivity contribution in [2.75, 3.05) is 33.9 Å². The summed E-state index contributed by atoms with van der Waals surface area (Å²) in [6.45, 7) is 5.66. The molecule has 1 rings (SSSR count). The zero-order valence-corrected chi connectivity index (χ0v) is 10.4. The van der Waals surface area contributed by atoms with E-state index >= 15 is 0 Å². The first kappa shape index (κ1) is 13.2. The first-order chi connectivity index (χ1) is 7.77. The minimum atomic E-state index is 0.389. The van der Waals surface area contributed by atoms with E-state index in [-0.39, 0.29) is 0 Å². The molecule has 0 aromatic carbocycles. The molecule has 4 heteroatoms. The Balaban J connectivity index is 2.42. The molecule has 0 amide bonds. The lowest BCUT2D eigenvalue weighted by atomic mass is 10.2. The van der Waals surface area contributed by atoms with Gasteiger partial charge in [-0.2, -0.15) is 0 Å². The fourth-order valence-corrected chi connectivity index (χ4v) is 1.65. The van der Waals surface area contributed by atoms with Crippen LogP contribution in [-0.2, 0) is 11.3 Å². The van der Waals surface area contributed by atoms with E-state index in [9.17, 15) is 0 Å². The predicted octanol–water partition coefficient (Wildman–Crippen LogP) is 1.34. The molecule has 1 aromatic rings. The van der Waals surface area contributed by atoms with Crippen molar-refractivity contribution in [1.29, 1.82) is 0 Å². The molecular weight excluding hydrogens is 204 g/mol. The van der Waals surface area contributed by atoms with Gasteiger partial charge in [-0.25, -0.2) is 0 Å². The average molecular weight is 226 g/mol. The second-order valence-corrected chi connectivity index (χ2v) is 3.96. The molecule has 1 atom stereocenters. The van der Waals surface area contributed by atoms with E-state index in [1.165, 1.54) is 5.56 Å². The molecule has 0 spiro atoms. The molecule has 0 bridgehead atoms. The zero-order valence-electron chi connectivity index (χ0n) is 10.4. The second kappa shape index (κ2) is 7.44. The fourth-order valence-electron chi connectivity index (χ4n) is 1.65. The molecule has 0 fully saturated rings. The van der Waals surface area contributed by atoms with Gasteiger partial charge in [0.05, 0.1) is 19.1 Å². The Bertz CT molecular complexity index is 262. The van der Waals surface area contributed by atoms with Crippen LogP contribution in [0, 0.1) is 0 Å². The maximum Gasteiger partial charge on any atom is 0.0947 e. The first-order valence-electron chi connectivity index (χ1n) is 5.68. The average Bonchev–Trinajstić information content (AvgIpc) is 2.76. The number of methoxy groups -OCH3 is 1. The van der Waals surface area contributed by atoms with Crippen LogP contribution < -0.4 is 5.32 Å². The largest absolute Gasteiger partial charge is 0.472 e. The van der Waals surface area contributed by atoms with Gasteiger partial charge < -0.3 is 14.5 Å². The normalized spacial score (nSPS) is 13.2. The minimum absolute atomic E-state index is 0.389. The quantitative estimate of drug-likeness (QED) is 0.726. The molecule has 0 saturated heterocycles. The van der Waals surface area contributed by atoms with Gasteiger partial charge in [-0.1, -0.05) is 6.92 Å². The lowest BCUT2D eigenvalue weighted by Gasteiger charge is -2.27. The van der Waals surface area contributed by atoms with Crippen molar-refractivity contribution in [3.05, 3.63) is 24.2 Å². The standard InChI is InChI=1S/C12H22N2O2/c1-4-13-7-12(10-15-3)14(2)8-11-5-6-16-9-11/h5-6,9,12-13H,4,7-8,10H2,1-3H3. The van der Waals surface area contributed by atoms with Crippen LogP contribution in [-0.4, -0.2) is 44.8 Å². The van der Waals surface area contributed by atoms with Crippen LogP contribution in [0.25, 0.3) is 0 Å². The summed E-state index contributed by atoms with van der Waals surface area (Å²) in [4.78, 5) is 2.27. The smallest absolute Gasteiger partial charge is 0.0947 e. The summed E-state index contributed by atoms with van der Waals surface area (Å²) in [6.07, 6.45) is 3.49. The monoisotopic (exact) mass is 226 g/mol. The predicted molar refractivity (Wildman–Crippen MR) is 64.4 cm³/mol. The number of ether oxygens (including phenoxy) is 1. The van der Waals surface area contributed by atoms with E-state index in [1.807, 2.05) is 6.07 Å². The summed E-state index contributed by atoms with van der Waals surface area (Å²) in [5, 5.41) is 3.35. The molecule has 1 heterocycles. The zero-order chi connectivity index (χ0) is 11.8. The van der Waals surface area contributed by atoms with Crippen molar-refractivity contribution in [2.24, 2.45) is 0 Å². The summed E-state index contributed by atoms with van der Waals surface area (Å²) in [5.74, 6) is 0. The highest BCUT2D eigenvalue weighted by atomic mass is 16.5. The van der Waals surface area contributed by atoms with Gasteiger partial charge in [-0.15, -0.1) is 0 Å². The van der Waals surface area contributed by atoms with Crippen LogP contribution in [0.15, 0.2) is 23.0 Å². The Hall–Kier alpha value is -0.840. The Labute approximate surface area is 97.6 Å². The number of likely N-dealkylation sites (N-methyl/N-ethyl adjacent to an activating group) is 2. The molecule has 4 nitrogen and oxygen atoms in total. The second-order valence-electron chi connectivity index (χ2n) is 3.96. The van der Waals surface area contributed by atoms with Crippen molar-refractivity contribution in [3.63, 3.8) is 0 Å². The molecule has 92 valence electrons. The van der Waals surface area contributed by atoms with E-state index in [0.717, 1.165) is 26.2 Å². The van der Waals surface area contributed by atoms with Crippen molar-refractivity contribution in [3.8, 4) is 0 Å². The number of rotatable bonds is 8. The SMILES string of the molecule is CCNCC(COC)N(C)Cc1ccoc1. The molecule has 1 aromatic heterocycles. The topological polar surface area (TPSA) is 37.6 Å². The van der Waals surface area contributed by atoms with Crippen molar-refractivity contribution < 1.29 is 9.15 Å². The van der Waals surface area contributed by atoms with Crippen LogP contribution >= 0.6 is 0 Å². The Kier molecular flexibility index (Phi) is 6.15. The molecular formula is C12H22N2O2. The molecule has 0 aliphatic rings. The highest BCUT2D eigenvalue weighted by Gasteiger charge is 2.14. The van der Waals surface area contributed by atoms with Gasteiger partial charge in [0, 0.05) is 31.8 Å². The van der Waals surface area contributed by atoms with Crippen LogP contribution in [0.1, 0.15) is 12.5 Å².